The summed E-state index contributed by atoms with van der Waals surface area (Å²) in [6.45, 7) is 3.32. The minimum absolute atomic E-state index is 0.122. The van der Waals surface area contributed by atoms with Gasteiger partial charge in [-0.05, 0) is 43.7 Å². The molecule has 7 heteroatoms. The topological polar surface area (TPSA) is 96.3 Å². The Hall–Kier alpha value is -2.85. The van der Waals surface area contributed by atoms with Crippen LogP contribution in [-0.2, 0) is 14.6 Å². The highest BCUT2D eigenvalue weighted by Crippen LogP contribution is 2.22. The molecule has 130 valence electrons. The summed E-state index contributed by atoms with van der Waals surface area (Å²) in [5.74, 6) is -0.129. The predicted octanol–water partition coefficient (Wildman–Crippen LogP) is 2.68. The molecule has 0 radical (unpaired) electrons. The number of amides is 1. The first kappa shape index (κ1) is 18.5. The van der Waals surface area contributed by atoms with Crippen molar-refractivity contribution in [2.45, 2.75) is 24.8 Å². The first-order valence-corrected chi connectivity index (χ1v) is 9.39. The number of hydrogen-bond acceptors (Lipinski definition) is 5. The molecule has 0 saturated carbocycles. The van der Waals surface area contributed by atoms with Crippen molar-refractivity contribution in [1.82, 2.24) is 0 Å². The van der Waals surface area contributed by atoms with Crippen molar-refractivity contribution in [3.8, 4) is 11.8 Å². The second-order valence-corrected chi connectivity index (χ2v) is 7.62. The van der Waals surface area contributed by atoms with Crippen LogP contribution in [0.3, 0.4) is 0 Å². The Morgan fingerprint density at radius 3 is 2.56 bits per heavy atom. The Morgan fingerprint density at radius 1 is 1.24 bits per heavy atom. The van der Waals surface area contributed by atoms with Crippen molar-refractivity contribution >= 4 is 21.4 Å². The molecule has 2 rings (SSSR count). The molecule has 0 heterocycles. The number of carbonyl (C=O) groups excluding carboxylic acids is 1. The molecule has 2 aromatic carbocycles. The SMILES string of the molecule is Cc1ccc(S(C)(=O)=O)cc1NC(=O)C(C)Oc1ccccc1C#N. The zero-order chi connectivity index (χ0) is 18.6. The predicted molar refractivity (Wildman–Crippen MR) is 94.2 cm³/mol. The van der Waals surface area contributed by atoms with Crippen LogP contribution in [0.2, 0.25) is 0 Å². The van der Waals surface area contributed by atoms with E-state index in [-0.39, 0.29) is 4.90 Å². The summed E-state index contributed by atoms with van der Waals surface area (Å²) in [5.41, 5.74) is 1.46. The van der Waals surface area contributed by atoms with E-state index in [9.17, 15) is 13.2 Å². The van der Waals surface area contributed by atoms with Crippen molar-refractivity contribution in [2.75, 3.05) is 11.6 Å². The fraction of sp³-hybridized carbons (Fsp3) is 0.222. The quantitative estimate of drug-likeness (QED) is 0.886. The Labute approximate surface area is 147 Å². The lowest BCUT2D eigenvalue weighted by Gasteiger charge is -2.17. The Bertz CT molecular complexity index is 946. The Balaban J connectivity index is 2.18. The minimum Gasteiger partial charge on any atom is -0.480 e. The maximum absolute atomic E-state index is 12.4. The van der Waals surface area contributed by atoms with E-state index in [2.05, 4.69) is 5.32 Å². The van der Waals surface area contributed by atoms with Gasteiger partial charge in [0.15, 0.2) is 15.9 Å². The van der Waals surface area contributed by atoms with Gasteiger partial charge in [0.2, 0.25) is 0 Å². The van der Waals surface area contributed by atoms with E-state index in [0.717, 1.165) is 11.8 Å². The van der Waals surface area contributed by atoms with E-state index < -0.39 is 21.8 Å². The summed E-state index contributed by atoms with van der Waals surface area (Å²) in [7, 11) is -3.37. The molecule has 25 heavy (non-hydrogen) atoms. The van der Waals surface area contributed by atoms with Gasteiger partial charge < -0.3 is 10.1 Å². The number of aryl methyl sites for hydroxylation is 1. The number of nitriles is 1. The molecule has 0 fully saturated rings. The van der Waals surface area contributed by atoms with Crippen molar-refractivity contribution in [2.24, 2.45) is 0 Å². The highest BCUT2D eigenvalue weighted by Gasteiger charge is 2.18. The fourth-order valence-electron chi connectivity index (χ4n) is 2.11. The molecule has 0 aliphatic heterocycles. The molecule has 1 N–H and O–H groups in total. The molecule has 0 spiro atoms. The highest BCUT2D eigenvalue weighted by molar-refractivity contribution is 7.90. The lowest BCUT2D eigenvalue weighted by Crippen LogP contribution is -2.30. The molecule has 0 saturated heterocycles. The van der Waals surface area contributed by atoms with Crippen molar-refractivity contribution < 1.29 is 17.9 Å². The molecule has 1 unspecified atom stereocenters. The maximum Gasteiger partial charge on any atom is 0.265 e. The minimum atomic E-state index is -3.37. The third-order valence-electron chi connectivity index (χ3n) is 3.58. The van der Waals surface area contributed by atoms with Gasteiger partial charge in [0.25, 0.3) is 5.91 Å². The van der Waals surface area contributed by atoms with E-state index in [1.165, 1.54) is 12.1 Å². The fourth-order valence-corrected chi connectivity index (χ4v) is 2.75. The van der Waals surface area contributed by atoms with Crippen molar-refractivity contribution in [3.63, 3.8) is 0 Å². The molecule has 0 aliphatic carbocycles. The normalized spacial score (nSPS) is 12.1. The van der Waals surface area contributed by atoms with Gasteiger partial charge in [-0.15, -0.1) is 0 Å². The summed E-state index contributed by atoms with van der Waals surface area (Å²) in [5, 5.41) is 11.7. The largest absolute Gasteiger partial charge is 0.480 e. The number of rotatable bonds is 5. The second-order valence-electron chi connectivity index (χ2n) is 5.61. The zero-order valence-electron chi connectivity index (χ0n) is 14.1. The van der Waals surface area contributed by atoms with Crippen LogP contribution in [0.4, 0.5) is 5.69 Å². The van der Waals surface area contributed by atoms with Gasteiger partial charge in [-0.25, -0.2) is 8.42 Å². The number of sulfone groups is 1. The molecule has 6 nitrogen and oxygen atoms in total. The van der Waals surface area contributed by atoms with Crippen LogP contribution in [0, 0.1) is 18.3 Å². The number of nitrogens with one attached hydrogen (secondary N) is 1. The molecule has 0 aliphatic rings. The summed E-state index contributed by atoms with van der Waals surface area (Å²) < 4.78 is 28.9. The molecule has 2 aromatic rings. The van der Waals surface area contributed by atoms with Crippen LogP contribution in [0.25, 0.3) is 0 Å². The summed E-state index contributed by atoms with van der Waals surface area (Å²) >= 11 is 0. The van der Waals surface area contributed by atoms with E-state index >= 15 is 0 Å². The average Bonchev–Trinajstić information content (AvgIpc) is 2.56. The van der Waals surface area contributed by atoms with E-state index in [1.54, 1.807) is 44.2 Å². The molecule has 0 aromatic heterocycles. The Kier molecular flexibility index (Phi) is 5.45. The zero-order valence-corrected chi connectivity index (χ0v) is 14.9. The lowest BCUT2D eigenvalue weighted by molar-refractivity contribution is -0.122. The Morgan fingerprint density at radius 2 is 1.92 bits per heavy atom. The van der Waals surface area contributed by atoms with E-state index in [4.69, 9.17) is 10.00 Å². The van der Waals surface area contributed by atoms with Gasteiger partial charge in [-0.3, -0.25) is 4.79 Å². The van der Waals surface area contributed by atoms with Crippen LogP contribution >= 0.6 is 0 Å². The van der Waals surface area contributed by atoms with Crippen LogP contribution in [0.15, 0.2) is 47.4 Å². The molecule has 0 bridgehead atoms. The van der Waals surface area contributed by atoms with Gasteiger partial charge in [0.05, 0.1) is 10.5 Å². The summed E-state index contributed by atoms with van der Waals surface area (Å²) in [6.07, 6.45) is 0.240. The molecular weight excluding hydrogens is 340 g/mol. The molecule has 1 amide bonds. The van der Waals surface area contributed by atoms with Gasteiger partial charge in [0, 0.05) is 11.9 Å². The van der Waals surface area contributed by atoms with E-state index in [1.807, 2.05) is 6.07 Å². The van der Waals surface area contributed by atoms with Crippen LogP contribution in [0.1, 0.15) is 18.1 Å². The van der Waals surface area contributed by atoms with Gasteiger partial charge in [-0.2, -0.15) is 5.26 Å². The number of hydrogen-bond donors (Lipinski definition) is 1. The van der Waals surface area contributed by atoms with Crippen LogP contribution in [0.5, 0.6) is 5.75 Å². The first-order chi connectivity index (χ1) is 11.7. The monoisotopic (exact) mass is 358 g/mol. The average molecular weight is 358 g/mol. The number of nitrogens with zero attached hydrogens (tertiary/aromatic N) is 1. The number of para-hydroxylation sites is 1. The van der Waals surface area contributed by atoms with E-state index in [0.29, 0.717) is 17.0 Å². The molecular formula is C18H18N2O4S. The number of anilines is 1. The van der Waals surface area contributed by atoms with Crippen LogP contribution in [-0.4, -0.2) is 26.7 Å². The summed E-state index contributed by atoms with van der Waals surface area (Å²) in [6, 6.07) is 13.2. The summed E-state index contributed by atoms with van der Waals surface area (Å²) in [4.78, 5) is 12.5. The number of ether oxygens (including phenoxy) is 1. The van der Waals surface area contributed by atoms with Crippen molar-refractivity contribution in [1.29, 1.82) is 5.26 Å². The highest BCUT2D eigenvalue weighted by atomic mass is 32.2. The second kappa shape index (κ2) is 7.36. The number of benzene rings is 2. The first-order valence-electron chi connectivity index (χ1n) is 7.49. The standard InChI is InChI=1S/C18H18N2O4S/c1-12-8-9-15(25(3,22)23)10-16(12)20-18(21)13(2)24-17-7-5-4-6-14(17)11-19/h4-10,13H,1-3H3,(H,20,21). The third kappa shape index (κ3) is 4.58. The van der Waals surface area contributed by atoms with Gasteiger partial charge >= 0.3 is 0 Å². The van der Waals surface area contributed by atoms with Gasteiger partial charge in [-0.1, -0.05) is 18.2 Å². The lowest BCUT2D eigenvalue weighted by atomic mass is 10.2. The van der Waals surface area contributed by atoms with Crippen LogP contribution < -0.4 is 10.1 Å². The molecule has 1 atom stereocenters. The smallest absolute Gasteiger partial charge is 0.265 e. The van der Waals surface area contributed by atoms with Gasteiger partial charge in [0.1, 0.15) is 11.8 Å². The third-order valence-corrected chi connectivity index (χ3v) is 4.69. The maximum atomic E-state index is 12.4. The van der Waals surface area contributed by atoms with Crippen molar-refractivity contribution in [3.05, 3.63) is 53.6 Å². The number of carbonyl (C=O) groups is 1.